The van der Waals surface area contributed by atoms with E-state index in [4.69, 9.17) is 5.11 Å². The summed E-state index contributed by atoms with van der Waals surface area (Å²) in [6, 6.07) is 0. The molecule has 1 fully saturated rings. The minimum absolute atomic E-state index is 0.0446. The van der Waals surface area contributed by atoms with Crippen LogP contribution in [0.3, 0.4) is 0 Å². The summed E-state index contributed by atoms with van der Waals surface area (Å²) in [5.74, 6) is 0. The molecule has 60 valence electrons. The van der Waals surface area contributed by atoms with Crippen LogP contribution >= 0.6 is 0 Å². The highest BCUT2D eigenvalue weighted by molar-refractivity contribution is 4.73. The van der Waals surface area contributed by atoms with Crippen LogP contribution in [0.1, 0.15) is 26.2 Å². The van der Waals surface area contributed by atoms with Crippen molar-refractivity contribution in [1.82, 2.24) is 4.90 Å². The van der Waals surface area contributed by atoms with Crippen molar-refractivity contribution in [2.24, 2.45) is 0 Å². The molecule has 1 N–H and O–H groups in total. The molecule has 0 amide bonds. The molecule has 0 saturated carbocycles. The Morgan fingerprint density at radius 1 is 1.60 bits per heavy atom. The summed E-state index contributed by atoms with van der Waals surface area (Å²) in [5, 5.41) is 9.16. The van der Waals surface area contributed by atoms with Gasteiger partial charge >= 0.3 is 0 Å². The number of rotatable bonds is 3. The van der Waals surface area contributed by atoms with Gasteiger partial charge in [0.05, 0.1) is 6.10 Å². The molecule has 0 aromatic carbocycles. The van der Waals surface area contributed by atoms with E-state index in [1.54, 1.807) is 0 Å². The molecule has 0 bridgehead atoms. The third-order valence-electron chi connectivity index (χ3n) is 2.08. The average molecular weight is 143 g/mol. The first-order valence-electron chi connectivity index (χ1n) is 4.23. The van der Waals surface area contributed by atoms with Gasteiger partial charge in [0.2, 0.25) is 0 Å². The first-order valence-corrected chi connectivity index (χ1v) is 4.23. The molecule has 2 nitrogen and oxygen atoms in total. The molecule has 1 aliphatic rings. The lowest BCUT2D eigenvalue weighted by Gasteiger charge is -2.12. The van der Waals surface area contributed by atoms with Crippen molar-refractivity contribution in [3.05, 3.63) is 0 Å². The number of β-amino-alcohol motifs (C(OH)–C–C–N with tert-alkyl or cyclic N) is 1. The van der Waals surface area contributed by atoms with Crippen LogP contribution in [-0.4, -0.2) is 35.7 Å². The maximum atomic E-state index is 9.16. The predicted molar refractivity (Wildman–Crippen MR) is 42.0 cm³/mol. The van der Waals surface area contributed by atoms with Crippen molar-refractivity contribution in [1.29, 1.82) is 0 Å². The molecule has 1 aliphatic heterocycles. The Morgan fingerprint density at radius 2 is 2.40 bits per heavy atom. The number of aliphatic hydroxyl groups excluding tert-OH is 1. The van der Waals surface area contributed by atoms with Gasteiger partial charge in [-0.05, 0) is 19.4 Å². The number of aliphatic hydroxyl groups is 1. The first-order chi connectivity index (χ1) is 4.83. The van der Waals surface area contributed by atoms with Gasteiger partial charge in [0, 0.05) is 13.1 Å². The summed E-state index contributed by atoms with van der Waals surface area (Å²) in [7, 11) is 0. The number of hydrogen-bond donors (Lipinski definition) is 1. The highest BCUT2D eigenvalue weighted by Crippen LogP contribution is 2.08. The van der Waals surface area contributed by atoms with E-state index in [-0.39, 0.29) is 6.10 Å². The van der Waals surface area contributed by atoms with Crippen LogP contribution in [0.2, 0.25) is 0 Å². The van der Waals surface area contributed by atoms with Gasteiger partial charge in [0.15, 0.2) is 0 Å². The minimum atomic E-state index is -0.0446. The Morgan fingerprint density at radius 3 is 2.90 bits per heavy atom. The lowest BCUT2D eigenvalue weighted by atomic mass is 10.3. The van der Waals surface area contributed by atoms with Crippen LogP contribution in [0.5, 0.6) is 0 Å². The van der Waals surface area contributed by atoms with E-state index in [0.717, 1.165) is 19.5 Å². The summed E-state index contributed by atoms with van der Waals surface area (Å²) >= 11 is 0. The van der Waals surface area contributed by atoms with Gasteiger partial charge in [-0.3, -0.25) is 0 Å². The number of likely N-dealkylation sites (tertiary alicyclic amines) is 1. The first kappa shape index (κ1) is 8.02. The van der Waals surface area contributed by atoms with E-state index in [0.29, 0.717) is 0 Å². The summed E-state index contributed by atoms with van der Waals surface area (Å²) in [6.45, 7) is 5.38. The van der Waals surface area contributed by atoms with Crippen molar-refractivity contribution >= 4 is 0 Å². The average Bonchev–Trinajstić information content (AvgIpc) is 2.31. The predicted octanol–water partition coefficient (Wildman–Crippen LogP) is 0.853. The zero-order chi connectivity index (χ0) is 7.40. The standard InChI is InChI=1S/C8H17NO/c1-2-3-5-9-6-4-8(10)7-9/h8,10H,2-7H2,1H3. The normalized spacial score (nSPS) is 27.6. The third-order valence-corrected chi connectivity index (χ3v) is 2.08. The van der Waals surface area contributed by atoms with Gasteiger partial charge in [0.25, 0.3) is 0 Å². The maximum absolute atomic E-state index is 9.16. The van der Waals surface area contributed by atoms with Gasteiger partial charge in [0.1, 0.15) is 0 Å². The Balaban J connectivity index is 2.06. The molecule has 0 aliphatic carbocycles. The topological polar surface area (TPSA) is 23.5 Å². The van der Waals surface area contributed by atoms with Gasteiger partial charge in [-0.1, -0.05) is 13.3 Å². The smallest absolute Gasteiger partial charge is 0.0679 e. The van der Waals surface area contributed by atoms with Gasteiger partial charge < -0.3 is 10.0 Å². The fraction of sp³-hybridized carbons (Fsp3) is 1.00. The lowest BCUT2D eigenvalue weighted by Crippen LogP contribution is -2.22. The highest BCUT2D eigenvalue weighted by Gasteiger charge is 2.18. The minimum Gasteiger partial charge on any atom is -0.392 e. The second-order valence-corrected chi connectivity index (χ2v) is 3.10. The molecule has 1 saturated heterocycles. The molecule has 1 rings (SSSR count). The van der Waals surface area contributed by atoms with Crippen molar-refractivity contribution in [3.8, 4) is 0 Å². The SMILES string of the molecule is CCCCN1CCC(O)C1. The fourth-order valence-corrected chi connectivity index (χ4v) is 1.40. The summed E-state index contributed by atoms with van der Waals surface area (Å²) < 4.78 is 0. The van der Waals surface area contributed by atoms with Gasteiger partial charge in [-0.15, -0.1) is 0 Å². The van der Waals surface area contributed by atoms with E-state index in [9.17, 15) is 0 Å². The largest absolute Gasteiger partial charge is 0.392 e. The van der Waals surface area contributed by atoms with Crippen molar-refractivity contribution < 1.29 is 5.11 Å². The van der Waals surface area contributed by atoms with E-state index in [1.807, 2.05) is 0 Å². The molecular weight excluding hydrogens is 126 g/mol. The maximum Gasteiger partial charge on any atom is 0.0679 e. The zero-order valence-corrected chi connectivity index (χ0v) is 6.71. The van der Waals surface area contributed by atoms with Crippen LogP contribution in [0, 0.1) is 0 Å². The van der Waals surface area contributed by atoms with Crippen molar-refractivity contribution in [2.75, 3.05) is 19.6 Å². The third kappa shape index (κ3) is 2.27. The fourth-order valence-electron chi connectivity index (χ4n) is 1.40. The van der Waals surface area contributed by atoms with Gasteiger partial charge in [-0.25, -0.2) is 0 Å². The quantitative estimate of drug-likeness (QED) is 0.633. The molecule has 1 unspecified atom stereocenters. The van der Waals surface area contributed by atoms with Crippen LogP contribution in [0.4, 0.5) is 0 Å². The van der Waals surface area contributed by atoms with Crippen LogP contribution < -0.4 is 0 Å². The molecule has 0 spiro atoms. The summed E-state index contributed by atoms with van der Waals surface area (Å²) in [5.41, 5.74) is 0. The lowest BCUT2D eigenvalue weighted by molar-refractivity contribution is 0.176. The molecule has 2 heteroatoms. The van der Waals surface area contributed by atoms with Crippen LogP contribution in [0.25, 0.3) is 0 Å². The second kappa shape index (κ2) is 3.94. The Labute approximate surface area is 62.8 Å². The zero-order valence-electron chi connectivity index (χ0n) is 6.71. The molecule has 1 heterocycles. The molecule has 1 atom stereocenters. The summed E-state index contributed by atoms with van der Waals surface area (Å²) in [4.78, 5) is 2.34. The van der Waals surface area contributed by atoms with Gasteiger partial charge in [-0.2, -0.15) is 0 Å². The number of nitrogens with zero attached hydrogens (tertiary/aromatic N) is 1. The molecule has 0 aromatic rings. The number of hydrogen-bond acceptors (Lipinski definition) is 2. The molecule has 0 aromatic heterocycles. The van der Waals surface area contributed by atoms with E-state index in [2.05, 4.69) is 11.8 Å². The molecule has 0 radical (unpaired) electrons. The summed E-state index contributed by atoms with van der Waals surface area (Å²) in [6.07, 6.45) is 3.46. The van der Waals surface area contributed by atoms with Crippen molar-refractivity contribution in [2.45, 2.75) is 32.3 Å². The van der Waals surface area contributed by atoms with Crippen molar-refractivity contribution in [3.63, 3.8) is 0 Å². The van der Waals surface area contributed by atoms with Crippen LogP contribution in [-0.2, 0) is 0 Å². The van der Waals surface area contributed by atoms with E-state index >= 15 is 0 Å². The Bertz CT molecular complexity index is 95.3. The van der Waals surface area contributed by atoms with E-state index in [1.165, 1.54) is 19.4 Å². The molecular formula is C8H17NO. The molecule has 10 heavy (non-hydrogen) atoms. The second-order valence-electron chi connectivity index (χ2n) is 3.10. The highest BCUT2D eigenvalue weighted by atomic mass is 16.3. The Kier molecular flexibility index (Phi) is 3.16. The van der Waals surface area contributed by atoms with E-state index < -0.39 is 0 Å². The monoisotopic (exact) mass is 143 g/mol. The van der Waals surface area contributed by atoms with Crippen LogP contribution in [0.15, 0.2) is 0 Å². The Hall–Kier alpha value is -0.0800. The number of unbranched alkanes of at least 4 members (excludes halogenated alkanes) is 1.